The van der Waals surface area contributed by atoms with Crippen molar-refractivity contribution < 1.29 is 18.0 Å². The number of hydrogen-bond acceptors (Lipinski definition) is 5. The molecule has 0 aromatic carbocycles. The van der Waals surface area contributed by atoms with Crippen molar-refractivity contribution in [3.8, 4) is 0 Å². The van der Waals surface area contributed by atoms with Gasteiger partial charge in [-0.25, -0.2) is 14.1 Å². The number of aromatic nitrogens is 4. The number of amides is 1. The van der Waals surface area contributed by atoms with Crippen LogP contribution in [0.1, 0.15) is 28.8 Å². The molecule has 0 atom stereocenters. The highest BCUT2D eigenvalue weighted by atomic mass is 35.5. The van der Waals surface area contributed by atoms with E-state index in [0.29, 0.717) is 12.6 Å². The maximum Gasteiger partial charge on any atom is 0.435 e. The van der Waals surface area contributed by atoms with Crippen LogP contribution in [0.4, 0.5) is 13.2 Å². The summed E-state index contributed by atoms with van der Waals surface area (Å²) < 4.78 is 40.2. The van der Waals surface area contributed by atoms with Crippen LogP contribution < -0.4 is 10.9 Å². The first kappa shape index (κ1) is 19.6. The highest BCUT2D eigenvalue weighted by Gasteiger charge is 2.34. The summed E-state index contributed by atoms with van der Waals surface area (Å²) in [6, 6.07) is 1.77. The van der Waals surface area contributed by atoms with Crippen LogP contribution in [-0.2, 0) is 12.7 Å². The molecule has 3 aromatic rings. The van der Waals surface area contributed by atoms with Crippen molar-refractivity contribution in [1.29, 1.82) is 0 Å². The number of hydrogen-bond donors (Lipinski definition) is 1. The van der Waals surface area contributed by atoms with Crippen molar-refractivity contribution in [2.75, 3.05) is 6.54 Å². The van der Waals surface area contributed by atoms with E-state index >= 15 is 0 Å². The Morgan fingerprint density at radius 1 is 1.33 bits per heavy atom. The second kappa shape index (κ2) is 7.13. The van der Waals surface area contributed by atoms with Gasteiger partial charge in [-0.3, -0.25) is 9.59 Å². The molecule has 0 aliphatic heterocycles. The first-order valence-electron chi connectivity index (χ1n) is 7.41. The fourth-order valence-corrected chi connectivity index (χ4v) is 3.76. The van der Waals surface area contributed by atoms with Gasteiger partial charge in [0.1, 0.15) is 15.2 Å². The van der Waals surface area contributed by atoms with Crippen LogP contribution in [-0.4, -0.2) is 31.6 Å². The Morgan fingerprint density at radius 3 is 2.63 bits per heavy atom. The molecule has 0 fully saturated rings. The number of thiazole rings is 1. The van der Waals surface area contributed by atoms with E-state index in [1.165, 1.54) is 0 Å². The van der Waals surface area contributed by atoms with Gasteiger partial charge in [0.25, 0.3) is 11.5 Å². The molecule has 3 heterocycles. The Kier molecular flexibility index (Phi) is 5.19. The normalized spacial score (nSPS) is 11.9. The number of nitrogens with one attached hydrogen (secondary N) is 1. The molecule has 1 N–H and O–H groups in total. The first-order chi connectivity index (χ1) is 12.6. The smallest absolute Gasteiger partial charge is 0.351 e. The summed E-state index contributed by atoms with van der Waals surface area (Å²) in [6.45, 7) is 1.79. The van der Waals surface area contributed by atoms with E-state index in [4.69, 9.17) is 23.2 Å². The van der Waals surface area contributed by atoms with Gasteiger partial charge in [-0.1, -0.05) is 34.5 Å². The fraction of sp³-hybridized carbons (Fsp3) is 0.286. The molecule has 13 heteroatoms. The molecule has 0 bridgehead atoms. The lowest BCUT2D eigenvalue weighted by Gasteiger charge is -2.05. The number of carbonyl (C=O) groups excluding carboxylic acids is 1. The summed E-state index contributed by atoms with van der Waals surface area (Å²) in [5, 5.41) is 5.68. The van der Waals surface area contributed by atoms with Gasteiger partial charge in [0.15, 0.2) is 10.7 Å². The largest absolute Gasteiger partial charge is 0.435 e. The summed E-state index contributed by atoms with van der Waals surface area (Å²) in [6.07, 6.45) is -4.64. The van der Waals surface area contributed by atoms with Crippen molar-refractivity contribution in [3.63, 3.8) is 0 Å². The lowest BCUT2D eigenvalue weighted by Crippen LogP contribution is -2.28. The van der Waals surface area contributed by atoms with E-state index in [2.05, 4.69) is 15.4 Å². The molecule has 0 aliphatic rings. The SMILES string of the molecule is CCNC(=O)c1c(Cl)sc2nc(Cn3nc(C(F)(F)F)cc3Cl)cc(=O)n12. The Hall–Kier alpha value is -2.11. The van der Waals surface area contributed by atoms with Crippen LogP contribution in [0, 0.1) is 0 Å². The fourth-order valence-electron chi connectivity index (χ4n) is 2.31. The monoisotopic (exact) mass is 439 g/mol. The molecule has 0 saturated carbocycles. The summed E-state index contributed by atoms with van der Waals surface area (Å²) in [7, 11) is 0. The molecule has 3 aromatic heterocycles. The Bertz CT molecular complexity index is 1090. The first-order valence-corrected chi connectivity index (χ1v) is 8.98. The number of rotatable bonds is 4. The molecular weight excluding hydrogens is 430 g/mol. The van der Waals surface area contributed by atoms with E-state index in [-0.39, 0.29) is 32.4 Å². The van der Waals surface area contributed by atoms with Gasteiger partial charge in [0, 0.05) is 18.7 Å². The van der Waals surface area contributed by atoms with Gasteiger partial charge in [0.2, 0.25) is 0 Å². The Morgan fingerprint density at radius 2 is 2.04 bits per heavy atom. The molecule has 7 nitrogen and oxygen atoms in total. The topological polar surface area (TPSA) is 81.3 Å². The van der Waals surface area contributed by atoms with E-state index in [9.17, 15) is 22.8 Å². The Balaban J connectivity index is 2.02. The third-order valence-corrected chi connectivity index (χ3v) is 4.96. The molecule has 27 heavy (non-hydrogen) atoms. The van der Waals surface area contributed by atoms with Crippen LogP contribution in [0.2, 0.25) is 9.49 Å². The molecule has 3 rings (SSSR count). The van der Waals surface area contributed by atoms with Crippen molar-refractivity contribution in [2.24, 2.45) is 0 Å². The summed E-state index contributed by atoms with van der Waals surface area (Å²) in [5.74, 6) is -0.532. The van der Waals surface area contributed by atoms with Crippen LogP contribution >= 0.6 is 34.5 Å². The van der Waals surface area contributed by atoms with Crippen LogP contribution in [0.3, 0.4) is 0 Å². The predicted molar refractivity (Wildman–Crippen MR) is 93.7 cm³/mol. The number of fused-ring (bicyclic) bond motifs is 1. The third kappa shape index (κ3) is 3.80. The number of carbonyl (C=O) groups is 1. The maximum atomic E-state index is 12.7. The van der Waals surface area contributed by atoms with Crippen molar-refractivity contribution in [2.45, 2.75) is 19.6 Å². The molecule has 144 valence electrons. The molecule has 1 amide bonds. The van der Waals surface area contributed by atoms with E-state index < -0.39 is 23.3 Å². The average molecular weight is 440 g/mol. The standard InChI is InChI=1S/C14H10Cl2F3N5O2S/c1-2-20-12(26)10-11(16)27-13-21-6(3-9(25)24(10)13)5-23-8(15)4-7(22-23)14(17,18)19/h3-4H,2,5H2,1H3,(H,20,26). The van der Waals surface area contributed by atoms with E-state index in [1.807, 2.05) is 0 Å². The van der Waals surface area contributed by atoms with Gasteiger partial charge in [-0.15, -0.1) is 0 Å². The number of nitrogens with zero attached hydrogens (tertiary/aromatic N) is 4. The zero-order valence-corrected chi connectivity index (χ0v) is 15.8. The Labute approximate surface area is 163 Å². The van der Waals surface area contributed by atoms with Crippen molar-refractivity contribution in [1.82, 2.24) is 24.5 Å². The lowest BCUT2D eigenvalue weighted by molar-refractivity contribution is -0.141. The molecule has 0 saturated heterocycles. The van der Waals surface area contributed by atoms with Crippen LogP contribution in [0.25, 0.3) is 4.96 Å². The zero-order chi connectivity index (χ0) is 19.9. The molecule has 0 unspecified atom stereocenters. The maximum absolute atomic E-state index is 12.7. The van der Waals surface area contributed by atoms with E-state index in [0.717, 1.165) is 26.5 Å². The minimum Gasteiger partial charge on any atom is -0.351 e. The molecule has 0 aliphatic carbocycles. The average Bonchev–Trinajstić information content (AvgIpc) is 3.07. The van der Waals surface area contributed by atoms with E-state index in [1.54, 1.807) is 6.92 Å². The zero-order valence-electron chi connectivity index (χ0n) is 13.5. The third-order valence-electron chi connectivity index (χ3n) is 3.42. The number of halogens is 5. The molecule has 0 spiro atoms. The van der Waals surface area contributed by atoms with Gasteiger partial charge in [-0.2, -0.15) is 18.3 Å². The van der Waals surface area contributed by atoms with Crippen molar-refractivity contribution >= 4 is 45.4 Å². The van der Waals surface area contributed by atoms with Crippen LogP contribution in [0.15, 0.2) is 16.9 Å². The second-order valence-corrected chi connectivity index (χ2v) is 7.26. The van der Waals surface area contributed by atoms with Gasteiger partial charge < -0.3 is 5.32 Å². The van der Waals surface area contributed by atoms with Gasteiger partial charge in [0.05, 0.1) is 12.2 Å². The predicted octanol–water partition coefficient (Wildman–Crippen LogP) is 3.08. The molecular formula is C14H10Cl2F3N5O2S. The molecule has 0 radical (unpaired) electrons. The number of alkyl halides is 3. The lowest BCUT2D eigenvalue weighted by atomic mass is 10.4. The minimum atomic E-state index is -4.64. The van der Waals surface area contributed by atoms with Crippen LogP contribution in [0.5, 0.6) is 0 Å². The highest BCUT2D eigenvalue weighted by Crippen LogP contribution is 2.30. The second-order valence-electron chi connectivity index (χ2n) is 5.30. The quantitative estimate of drug-likeness (QED) is 0.677. The summed E-state index contributed by atoms with van der Waals surface area (Å²) in [4.78, 5) is 28.8. The summed E-state index contributed by atoms with van der Waals surface area (Å²) >= 11 is 12.7. The summed E-state index contributed by atoms with van der Waals surface area (Å²) in [5.41, 5.74) is -1.67. The van der Waals surface area contributed by atoms with Gasteiger partial charge in [-0.05, 0) is 6.92 Å². The van der Waals surface area contributed by atoms with Crippen molar-refractivity contribution in [3.05, 3.63) is 49.1 Å². The minimum absolute atomic E-state index is 0.0426. The van der Waals surface area contributed by atoms with Gasteiger partial charge >= 0.3 is 6.18 Å². The highest BCUT2D eigenvalue weighted by molar-refractivity contribution is 7.21.